The van der Waals surface area contributed by atoms with Gasteiger partial charge in [0.2, 0.25) is 0 Å². The third kappa shape index (κ3) is 2.07. The highest BCUT2D eigenvalue weighted by molar-refractivity contribution is 7.40. The smallest absolute Gasteiger partial charge is 0.161 e. The minimum absolute atomic E-state index is 0.512. The van der Waals surface area contributed by atoms with Gasteiger partial charge < -0.3 is 0 Å². The molecule has 11 heavy (non-hydrogen) atoms. The van der Waals surface area contributed by atoms with Crippen molar-refractivity contribution in [3.8, 4) is 0 Å². The zero-order valence-corrected chi connectivity index (χ0v) is 6.05. The van der Waals surface area contributed by atoms with Gasteiger partial charge in [-0.2, -0.15) is 13.2 Å². The molecule has 0 heterocycles. The van der Waals surface area contributed by atoms with Crippen LogP contribution in [-0.2, 0) is 9.09 Å². The average Bonchev–Trinajstić information content (AvgIpc) is 1.83. The van der Waals surface area contributed by atoms with E-state index in [-0.39, 0.29) is 0 Å². The summed E-state index contributed by atoms with van der Waals surface area (Å²) in [5, 5.41) is 0. The highest BCUT2D eigenvalue weighted by Crippen LogP contribution is 2.52. The van der Waals surface area contributed by atoms with E-state index < -0.39 is 19.9 Å². The van der Waals surface area contributed by atoms with Crippen LogP contribution in [0.3, 0.4) is 0 Å². The predicted molar refractivity (Wildman–Crippen MR) is 25.6 cm³/mol. The third-order valence-electron chi connectivity index (χ3n) is 0.736. The minimum atomic E-state index is -5.82. The van der Waals surface area contributed by atoms with E-state index in [0.29, 0.717) is 7.11 Å². The van der Waals surface area contributed by atoms with Crippen molar-refractivity contribution in [2.75, 3.05) is 7.11 Å². The zero-order chi connectivity index (χ0) is 9.28. The van der Waals surface area contributed by atoms with Crippen molar-refractivity contribution < 1.29 is 31.0 Å². The molecule has 0 N–H and O–H groups in total. The van der Waals surface area contributed by atoms with Crippen molar-refractivity contribution in [1.82, 2.24) is 0 Å². The lowest BCUT2D eigenvalue weighted by Gasteiger charge is -2.06. The van der Waals surface area contributed by atoms with E-state index in [0.717, 1.165) is 0 Å². The van der Waals surface area contributed by atoms with E-state index in [1.807, 2.05) is 0 Å². The van der Waals surface area contributed by atoms with E-state index in [2.05, 4.69) is 4.52 Å². The minimum Gasteiger partial charge on any atom is -0.161 e. The number of alkyl halides is 5. The molecule has 0 aromatic rings. The maximum absolute atomic E-state index is 11.8. The fraction of sp³-hybridized carbons (Fsp3) is 1.00. The van der Waals surface area contributed by atoms with Gasteiger partial charge in [0, 0.05) is 0 Å². The van der Waals surface area contributed by atoms with Crippen LogP contribution in [0.2, 0.25) is 0 Å². The zero-order valence-electron chi connectivity index (χ0n) is 5.15. The summed E-state index contributed by atoms with van der Waals surface area (Å²) in [6.45, 7) is 0. The molecular weight excluding hydrogens is 194 g/mol. The molecule has 1 unspecified atom stereocenters. The molecule has 0 aliphatic rings. The molecule has 0 amide bonds. The van der Waals surface area contributed by atoms with Crippen molar-refractivity contribution in [2.24, 2.45) is 0 Å². The lowest BCUT2D eigenvalue weighted by Crippen LogP contribution is -2.32. The molecule has 8 heteroatoms. The van der Waals surface area contributed by atoms with Crippen LogP contribution < -0.4 is 0 Å². The normalized spacial score (nSPS) is 14.9. The molecule has 0 aliphatic carbocycles. The predicted octanol–water partition coefficient (Wildman–Crippen LogP) is 2.53. The summed E-state index contributed by atoms with van der Waals surface area (Å²) < 4.78 is 70.7. The van der Waals surface area contributed by atoms with Gasteiger partial charge in [0.15, 0.2) is 0 Å². The Morgan fingerprint density at radius 2 is 1.55 bits per heavy atom. The number of hydrogen-bond donors (Lipinski definition) is 0. The van der Waals surface area contributed by atoms with Crippen molar-refractivity contribution >= 4 is 8.03 Å². The quantitative estimate of drug-likeness (QED) is 0.502. The molecule has 0 rings (SSSR count). The maximum Gasteiger partial charge on any atom is 0.596 e. The second-order valence-corrected chi connectivity index (χ2v) is 2.92. The first kappa shape index (κ1) is 10.7. The summed E-state index contributed by atoms with van der Waals surface area (Å²) >= 11 is 0. The topological polar surface area (TPSA) is 26.3 Å². The largest absolute Gasteiger partial charge is 0.596 e. The molecular formula is C3H3F5O2P+. The van der Waals surface area contributed by atoms with E-state index in [4.69, 9.17) is 0 Å². The Morgan fingerprint density at radius 3 is 1.64 bits per heavy atom. The van der Waals surface area contributed by atoms with Crippen LogP contribution in [0.4, 0.5) is 22.0 Å². The molecule has 0 fully saturated rings. The maximum atomic E-state index is 11.8. The number of hydrogen-bond acceptors (Lipinski definition) is 2. The first-order valence-corrected chi connectivity index (χ1v) is 3.37. The van der Waals surface area contributed by atoms with Gasteiger partial charge in [-0.05, 0) is 4.57 Å². The standard InChI is InChI=1S/C3H3F5O2P/c1-10-11(9)3(7,8)2(4,5)6/h1H3/q+1. The van der Waals surface area contributed by atoms with Crippen molar-refractivity contribution in [3.05, 3.63) is 0 Å². The van der Waals surface area contributed by atoms with E-state index in [1.54, 1.807) is 0 Å². The Hall–Kier alpha value is -0.290. The molecule has 0 radical (unpaired) electrons. The molecule has 0 aromatic carbocycles. The van der Waals surface area contributed by atoms with E-state index in [9.17, 15) is 26.5 Å². The molecule has 66 valence electrons. The molecule has 0 bridgehead atoms. The lowest BCUT2D eigenvalue weighted by atomic mass is 10.7. The first-order valence-electron chi connectivity index (χ1n) is 2.19. The summed E-state index contributed by atoms with van der Waals surface area (Å²) in [5.41, 5.74) is -5.27. The first-order chi connectivity index (χ1) is 4.73. The molecule has 0 aliphatic heterocycles. The van der Waals surface area contributed by atoms with Gasteiger partial charge in [-0.1, -0.05) is 0 Å². The molecule has 2 nitrogen and oxygen atoms in total. The second-order valence-electron chi connectivity index (χ2n) is 1.48. The summed E-state index contributed by atoms with van der Waals surface area (Å²) in [6, 6.07) is 0. The molecule has 0 saturated carbocycles. The fourth-order valence-electron chi connectivity index (χ4n) is 0.218. The van der Waals surface area contributed by atoms with Crippen LogP contribution in [0.5, 0.6) is 0 Å². The van der Waals surface area contributed by atoms with Gasteiger partial charge in [0.05, 0.1) is 7.11 Å². The Kier molecular flexibility index (Phi) is 2.91. The van der Waals surface area contributed by atoms with E-state index in [1.165, 1.54) is 0 Å². The van der Waals surface area contributed by atoms with Gasteiger partial charge in [-0.3, -0.25) is 0 Å². The number of rotatable bonds is 2. The second kappa shape index (κ2) is 2.98. The summed E-state index contributed by atoms with van der Waals surface area (Å²) in [5.74, 6) is 0. The summed E-state index contributed by atoms with van der Waals surface area (Å²) in [7, 11) is -3.51. The Labute approximate surface area is 59.2 Å². The Balaban J connectivity index is 4.59. The molecule has 0 aromatic heterocycles. The van der Waals surface area contributed by atoms with Crippen LogP contribution in [0, 0.1) is 0 Å². The van der Waals surface area contributed by atoms with Crippen LogP contribution in [0.15, 0.2) is 0 Å². The molecule has 0 saturated heterocycles. The van der Waals surface area contributed by atoms with Crippen LogP contribution >= 0.6 is 8.03 Å². The van der Waals surface area contributed by atoms with Crippen LogP contribution in [0.25, 0.3) is 0 Å². The van der Waals surface area contributed by atoms with Crippen molar-refractivity contribution in [1.29, 1.82) is 0 Å². The SMILES string of the molecule is CO[P+](=O)C(F)(F)C(F)(F)F. The Morgan fingerprint density at radius 1 is 1.18 bits per heavy atom. The lowest BCUT2D eigenvalue weighted by molar-refractivity contribution is -0.243. The summed E-state index contributed by atoms with van der Waals surface area (Å²) in [4.78, 5) is 0. The van der Waals surface area contributed by atoms with Gasteiger partial charge in [-0.15, -0.1) is 13.3 Å². The molecule has 1 atom stereocenters. The van der Waals surface area contributed by atoms with Crippen LogP contribution in [-0.4, -0.2) is 18.9 Å². The number of halogens is 5. The highest BCUT2D eigenvalue weighted by Gasteiger charge is 2.74. The highest BCUT2D eigenvalue weighted by atomic mass is 31.1. The van der Waals surface area contributed by atoms with Crippen molar-refractivity contribution in [3.63, 3.8) is 0 Å². The summed E-state index contributed by atoms with van der Waals surface area (Å²) in [6.07, 6.45) is -5.82. The van der Waals surface area contributed by atoms with Gasteiger partial charge in [-0.25, -0.2) is 0 Å². The van der Waals surface area contributed by atoms with Gasteiger partial charge >= 0.3 is 19.9 Å². The van der Waals surface area contributed by atoms with Gasteiger partial charge in [0.1, 0.15) is 0 Å². The van der Waals surface area contributed by atoms with E-state index >= 15 is 0 Å². The monoisotopic (exact) mass is 197 g/mol. The van der Waals surface area contributed by atoms with Crippen molar-refractivity contribution in [2.45, 2.75) is 11.8 Å². The van der Waals surface area contributed by atoms with Gasteiger partial charge in [0.25, 0.3) is 0 Å². The Bertz CT molecular complexity index is 164. The fourth-order valence-corrected chi connectivity index (χ4v) is 0.654. The van der Waals surface area contributed by atoms with Crippen LogP contribution in [0.1, 0.15) is 0 Å². The average molecular weight is 197 g/mol. The molecule has 0 spiro atoms. The third-order valence-corrected chi connectivity index (χ3v) is 1.78.